The van der Waals surface area contributed by atoms with Crippen LogP contribution in [0.4, 0.5) is 0 Å². The van der Waals surface area contributed by atoms with Crippen LogP contribution >= 0.6 is 11.8 Å². The first-order valence-electron chi connectivity index (χ1n) is 5.60. The number of unbranched alkanes of at least 4 members (excludes halogenated alkanes) is 2. The van der Waals surface area contributed by atoms with Crippen LogP contribution in [0, 0.1) is 0 Å². The monoisotopic (exact) mass is 233 g/mol. The summed E-state index contributed by atoms with van der Waals surface area (Å²) in [5.74, 6) is 1.44. The maximum absolute atomic E-state index is 10.7. The molecule has 3 N–H and O–H groups in total. The second-order valence-corrected chi connectivity index (χ2v) is 5.37. The van der Waals surface area contributed by atoms with Crippen LogP contribution in [0.3, 0.4) is 0 Å². The molecule has 0 aliphatic heterocycles. The third-order valence-electron chi connectivity index (χ3n) is 2.37. The molecule has 0 aromatic rings. The van der Waals surface area contributed by atoms with Gasteiger partial charge in [0.25, 0.3) is 0 Å². The van der Waals surface area contributed by atoms with Crippen molar-refractivity contribution in [1.82, 2.24) is 0 Å². The Balaban J connectivity index is 3.35. The van der Waals surface area contributed by atoms with Crippen molar-refractivity contribution in [3.05, 3.63) is 0 Å². The Labute approximate surface area is 96.8 Å². The van der Waals surface area contributed by atoms with E-state index >= 15 is 0 Å². The molecule has 1 unspecified atom stereocenters. The summed E-state index contributed by atoms with van der Waals surface area (Å²) in [5.41, 5.74) is 4.57. The zero-order chi connectivity index (χ0) is 11.7. The van der Waals surface area contributed by atoms with Gasteiger partial charge < -0.3 is 10.8 Å². The van der Waals surface area contributed by atoms with Gasteiger partial charge in [-0.3, -0.25) is 4.79 Å². The molecule has 1 atom stereocenters. The first-order valence-corrected chi connectivity index (χ1v) is 6.76. The molecular formula is C11H23NO2S. The first-order chi connectivity index (χ1) is 7.00. The highest BCUT2D eigenvalue weighted by Crippen LogP contribution is 2.14. The summed E-state index contributed by atoms with van der Waals surface area (Å²) >= 11 is 1.95. The minimum atomic E-state index is -1.05. The van der Waals surface area contributed by atoms with Crippen LogP contribution in [0.25, 0.3) is 0 Å². The van der Waals surface area contributed by atoms with E-state index in [4.69, 9.17) is 10.8 Å². The number of carboxylic acid groups (broad SMARTS) is 1. The summed E-state index contributed by atoms with van der Waals surface area (Å²) in [6.45, 7) is 3.77. The Morgan fingerprint density at radius 2 is 1.93 bits per heavy atom. The molecule has 0 aliphatic rings. The number of nitrogens with two attached hydrogens (primary N) is 1. The lowest BCUT2D eigenvalue weighted by molar-refractivity contribution is -0.142. The number of hydrogen-bond donors (Lipinski definition) is 2. The first kappa shape index (κ1) is 14.8. The van der Waals surface area contributed by atoms with Gasteiger partial charge in [0.2, 0.25) is 0 Å². The van der Waals surface area contributed by atoms with Crippen molar-refractivity contribution in [2.75, 3.05) is 11.5 Å². The number of aliphatic carboxylic acids is 1. The zero-order valence-corrected chi connectivity index (χ0v) is 10.6. The summed E-state index contributed by atoms with van der Waals surface area (Å²) < 4.78 is 0. The van der Waals surface area contributed by atoms with Crippen molar-refractivity contribution in [2.45, 2.75) is 51.5 Å². The summed E-state index contributed by atoms with van der Waals surface area (Å²) in [5, 5.41) is 8.78. The Hall–Kier alpha value is -0.220. The van der Waals surface area contributed by atoms with Crippen LogP contribution < -0.4 is 5.73 Å². The topological polar surface area (TPSA) is 63.3 Å². The summed E-state index contributed by atoms with van der Waals surface area (Å²) in [6.07, 6.45) is 5.05. The van der Waals surface area contributed by atoms with Gasteiger partial charge >= 0.3 is 5.97 Å². The lowest BCUT2D eigenvalue weighted by Crippen LogP contribution is -2.44. The lowest BCUT2D eigenvalue weighted by atomic mass is 9.97. The van der Waals surface area contributed by atoms with Crippen molar-refractivity contribution >= 4 is 17.7 Å². The van der Waals surface area contributed by atoms with Crippen LogP contribution in [0.1, 0.15) is 46.0 Å². The highest BCUT2D eigenvalue weighted by molar-refractivity contribution is 7.99. The summed E-state index contributed by atoms with van der Waals surface area (Å²) in [7, 11) is 0. The quantitative estimate of drug-likeness (QED) is 0.601. The van der Waals surface area contributed by atoms with E-state index in [1.165, 1.54) is 18.6 Å². The van der Waals surface area contributed by atoms with E-state index in [2.05, 4.69) is 6.92 Å². The minimum absolute atomic E-state index is 0.566. The fourth-order valence-corrected chi connectivity index (χ4v) is 2.26. The Kier molecular flexibility index (Phi) is 7.88. The molecule has 15 heavy (non-hydrogen) atoms. The van der Waals surface area contributed by atoms with Gasteiger partial charge in [0, 0.05) is 0 Å². The van der Waals surface area contributed by atoms with Gasteiger partial charge in [-0.15, -0.1) is 0 Å². The average Bonchev–Trinajstić information content (AvgIpc) is 2.16. The zero-order valence-electron chi connectivity index (χ0n) is 9.79. The van der Waals surface area contributed by atoms with Crippen molar-refractivity contribution in [1.29, 1.82) is 0 Å². The molecule has 0 saturated carbocycles. The van der Waals surface area contributed by atoms with E-state index in [0.717, 1.165) is 18.6 Å². The average molecular weight is 233 g/mol. The number of carbonyl (C=O) groups is 1. The Morgan fingerprint density at radius 1 is 1.33 bits per heavy atom. The minimum Gasteiger partial charge on any atom is -0.480 e. The van der Waals surface area contributed by atoms with Crippen LogP contribution in [-0.2, 0) is 4.79 Å². The molecular weight excluding hydrogens is 210 g/mol. The van der Waals surface area contributed by atoms with Gasteiger partial charge in [-0.05, 0) is 37.7 Å². The molecule has 0 rings (SSSR count). The molecule has 0 amide bonds. The van der Waals surface area contributed by atoms with Gasteiger partial charge in [0.15, 0.2) is 0 Å². The molecule has 90 valence electrons. The molecule has 0 aromatic carbocycles. The van der Waals surface area contributed by atoms with Gasteiger partial charge in [-0.1, -0.05) is 19.8 Å². The van der Waals surface area contributed by atoms with Crippen molar-refractivity contribution in [3.63, 3.8) is 0 Å². The molecule has 4 heteroatoms. The highest BCUT2D eigenvalue weighted by atomic mass is 32.2. The second-order valence-electron chi connectivity index (χ2n) is 4.15. The van der Waals surface area contributed by atoms with Crippen molar-refractivity contribution in [3.8, 4) is 0 Å². The molecule has 0 fully saturated rings. The lowest BCUT2D eigenvalue weighted by Gasteiger charge is -2.18. The molecule has 0 aliphatic carbocycles. The van der Waals surface area contributed by atoms with Gasteiger partial charge in [-0.25, -0.2) is 0 Å². The third-order valence-corrected chi connectivity index (χ3v) is 3.52. The summed E-state index contributed by atoms with van der Waals surface area (Å²) in [4.78, 5) is 10.7. The highest BCUT2D eigenvalue weighted by Gasteiger charge is 2.26. The third kappa shape index (κ3) is 7.68. The van der Waals surface area contributed by atoms with E-state index in [1.807, 2.05) is 11.8 Å². The molecule has 0 radical (unpaired) electrons. The number of hydrogen-bond acceptors (Lipinski definition) is 3. The van der Waals surface area contributed by atoms with E-state index in [0.29, 0.717) is 6.42 Å². The maximum Gasteiger partial charge on any atom is 0.323 e. The van der Waals surface area contributed by atoms with Gasteiger partial charge in [0.1, 0.15) is 5.54 Å². The predicted molar refractivity (Wildman–Crippen MR) is 66.3 cm³/mol. The van der Waals surface area contributed by atoms with Crippen molar-refractivity contribution in [2.24, 2.45) is 5.73 Å². The number of carboxylic acids is 1. The van der Waals surface area contributed by atoms with Crippen LogP contribution in [0.15, 0.2) is 0 Å². The number of rotatable bonds is 9. The van der Waals surface area contributed by atoms with E-state index in [-0.39, 0.29) is 0 Å². The fraction of sp³-hybridized carbons (Fsp3) is 0.909. The van der Waals surface area contributed by atoms with Gasteiger partial charge in [-0.2, -0.15) is 11.8 Å². The van der Waals surface area contributed by atoms with Gasteiger partial charge in [0.05, 0.1) is 0 Å². The fourth-order valence-electron chi connectivity index (χ4n) is 1.15. The SMILES string of the molecule is CCCCSCCCCC(C)(N)C(=O)O. The smallest absolute Gasteiger partial charge is 0.323 e. The predicted octanol–water partition coefficient (Wildman–Crippen LogP) is 2.49. The molecule has 0 aromatic heterocycles. The maximum atomic E-state index is 10.7. The second kappa shape index (κ2) is 7.99. The van der Waals surface area contributed by atoms with Crippen molar-refractivity contribution < 1.29 is 9.90 Å². The molecule has 0 bridgehead atoms. The van der Waals surface area contributed by atoms with Crippen LogP contribution in [-0.4, -0.2) is 28.1 Å². The Bertz CT molecular complexity index is 183. The van der Waals surface area contributed by atoms with E-state index < -0.39 is 11.5 Å². The Morgan fingerprint density at radius 3 is 2.47 bits per heavy atom. The molecule has 0 spiro atoms. The van der Waals surface area contributed by atoms with Crippen LogP contribution in [0.5, 0.6) is 0 Å². The molecule has 3 nitrogen and oxygen atoms in total. The summed E-state index contributed by atoms with van der Waals surface area (Å²) in [6, 6.07) is 0. The van der Waals surface area contributed by atoms with Crippen LogP contribution in [0.2, 0.25) is 0 Å². The normalized spacial score (nSPS) is 14.9. The van der Waals surface area contributed by atoms with E-state index in [9.17, 15) is 4.79 Å². The molecule has 0 heterocycles. The standard InChI is InChI=1S/C11H23NO2S/c1-3-4-8-15-9-6-5-7-11(2,12)10(13)14/h3-9,12H2,1-2H3,(H,13,14). The largest absolute Gasteiger partial charge is 0.480 e. The number of thioether (sulfide) groups is 1. The molecule has 0 saturated heterocycles. The van der Waals surface area contributed by atoms with E-state index in [1.54, 1.807) is 6.92 Å².